The van der Waals surface area contributed by atoms with Gasteiger partial charge in [-0.05, 0) is 41.5 Å². The highest BCUT2D eigenvalue weighted by Gasteiger charge is 2.49. The van der Waals surface area contributed by atoms with Gasteiger partial charge in [0.25, 0.3) is 0 Å². The van der Waals surface area contributed by atoms with E-state index in [0.717, 1.165) is 0 Å². The molecule has 140 valence electrons. The van der Waals surface area contributed by atoms with Crippen molar-refractivity contribution in [3.05, 3.63) is 0 Å². The Bertz CT molecular complexity index is 466. The molecule has 0 radical (unpaired) electrons. The van der Waals surface area contributed by atoms with Gasteiger partial charge in [-0.2, -0.15) is 0 Å². The number of aliphatic hydroxyl groups excluding tert-OH is 2. The van der Waals surface area contributed by atoms with Gasteiger partial charge in [0, 0.05) is 0 Å². The van der Waals surface area contributed by atoms with E-state index in [-0.39, 0.29) is 0 Å². The second-order valence-corrected chi connectivity index (χ2v) is 7.97. The van der Waals surface area contributed by atoms with Crippen LogP contribution < -0.4 is 0 Å². The fourth-order valence-corrected chi connectivity index (χ4v) is 1.84. The molecule has 0 aliphatic carbocycles. The predicted octanol–water partition coefficient (Wildman–Crippen LogP) is 0.950. The van der Waals surface area contributed by atoms with Gasteiger partial charge in [0.1, 0.15) is 18.8 Å². The van der Waals surface area contributed by atoms with E-state index in [0.29, 0.717) is 0 Å². The van der Waals surface area contributed by atoms with E-state index in [1.165, 1.54) is 0 Å². The van der Waals surface area contributed by atoms with Crippen molar-refractivity contribution in [3.8, 4) is 0 Å². The Labute approximate surface area is 141 Å². The minimum absolute atomic E-state index is 0.468. The molecule has 24 heavy (non-hydrogen) atoms. The fourth-order valence-electron chi connectivity index (χ4n) is 1.84. The number of carbonyl (C=O) groups excluding carboxylic acids is 2. The largest absolute Gasteiger partial charge is 0.462 e. The molecule has 1 aliphatic rings. The molecule has 0 spiro atoms. The molecule has 0 aromatic carbocycles. The van der Waals surface area contributed by atoms with Crippen molar-refractivity contribution < 1.29 is 38.4 Å². The number of hydrogen-bond acceptors (Lipinski definition) is 7. The molecule has 0 aromatic rings. The van der Waals surface area contributed by atoms with Crippen LogP contribution in [0.2, 0.25) is 0 Å². The second kappa shape index (κ2) is 7.33. The van der Waals surface area contributed by atoms with Crippen LogP contribution in [0.3, 0.4) is 0 Å². The Hall–Kier alpha value is -1.25. The Morgan fingerprint density at radius 3 is 2.00 bits per heavy atom. The van der Waals surface area contributed by atoms with E-state index in [9.17, 15) is 24.2 Å². The highest BCUT2D eigenvalue weighted by molar-refractivity contribution is 5.76. The topological polar surface area (TPSA) is 102 Å². The third-order valence-corrected chi connectivity index (χ3v) is 3.46. The molecule has 1 aliphatic heterocycles. The van der Waals surface area contributed by atoms with Crippen molar-refractivity contribution in [2.45, 2.75) is 72.3 Å². The van der Waals surface area contributed by atoms with Gasteiger partial charge >= 0.3 is 11.9 Å². The average Bonchev–Trinajstić information content (AvgIpc) is 2.43. The number of rotatable bonds is 3. The normalized spacial score (nSPS) is 31.5. The third kappa shape index (κ3) is 5.12. The lowest BCUT2D eigenvalue weighted by atomic mass is 9.95. The second-order valence-electron chi connectivity index (χ2n) is 7.97. The van der Waals surface area contributed by atoms with Gasteiger partial charge in [-0.15, -0.1) is 0 Å². The summed E-state index contributed by atoms with van der Waals surface area (Å²) in [4.78, 5) is 23.7. The van der Waals surface area contributed by atoms with Gasteiger partial charge in [-0.3, -0.25) is 9.59 Å². The number of alkyl halides is 1. The predicted molar refractivity (Wildman–Crippen MR) is 81.5 cm³/mol. The summed E-state index contributed by atoms with van der Waals surface area (Å²) in [5.74, 6) is -1.30. The number of ether oxygens (including phenoxy) is 3. The Morgan fingerprint density at radius 1 is 1.04 bits per heavy atom. The standard InChI is InChI=1S/C16H27FO7/c1-15(2,3)13(20)22-7-8-9(17)11(10(18)12(19)23-8)24-14(21)16(4,5)6/h8-12,18-19H,7H2,1-6H3/t8?,9-,10?,11-,12+/m0/s1. The van der Waals surface area contributed by atoms with E-state index in [1.807, 2.05) is 0 Å². The summed E-state index contributed by atoms with van der Waals surface area (Å²) in [5.41, 5.74) is -1.69. The molecule has 5 atom stereocenters. The summed E-state index contributed by atoms with van der Waals surface area (Å²) in [5, 5.41) is 19.6. The smallest absolute Gasteiger partial charge is 0.311 e. The minimum Gasteiger partial charge on any atom is -0.462 e. The van der Waals surface area contributed by atoms with E-state index in [2.05, 4.69) is 0 Å². The van der Waals surface area contributed by atoms with Crippen molar-refractivity contribution in [3.63, 3.8) is 0 Å². The molecule has 1 fully saturated rings. The lowest BCUT2D eigenvalue weighted by molar-refractivity contribution is -0.281. The van der Waals surface area contributed by atoms with E-state index in [1.54, 1.807) is 41.5 Å². The SMILES string of the molecule is CC(C)(C)C(=O)OCC1O[C@@H](O)C(O)[C@@H](OC(=O)C(C)(C)C)[C@H]1F. The molecule has 0 saturated carbocycles. The van der Waals surface area contributed by atoms with Crippen molar-refractivity contribution in [1.29, 1.82) is 0 Å². The van der Waals surface area contributed by atoms with Gasteiger partial charge in [-0.25, -0.2) is 4.39 Å². The zero-order valence-corrected chi connectivity index (χ0v) is 14.9. The molecule has 8 heteroatoms. The average molecular weight is 350 g/mol. The maximum Gasteiger partial charge on any atom is 0.311 e. The Morgan fingerprint density at radius 2 is 1.54 bits per heavy atom. The highest BCUT2D eigenvalue weighted by Crippen LogP contribution is 2.28. The molecule has 1 heterocycles. The first-order valence-electron chi connectivity index (χ1n) is 7.79. The van der Waals surface area contributed by atoms with E-state index >= 15 is 0 Å². The molecule has 0 bridgehead atoms. The third-order valence-electron chi connectivity index (χ3n) is 3.46. The van der Waals surface area contributed by atoms with Crippen LogP contribution >= 0.6 is 0 Å². The highest BCUT2D eigenvalue weighted by atomic mass is 19.1. The van der Waals surface area contributed by atoms with Crippen molar-refractivity contribution >= 4 is 11.9 Å². The molecule has 0 aromatic heterocycles. The number of hydrogen-bond donors (Lipinski definition) is 2. The molecule has 2 unspecified atom stereocenters. The van der Waals surface area contributed by atoms with E-state index in [4.69, 9.17) is 14.2 Å². The molecular weight excluding hydrogens is 323 g/mol. The molecule has 1 rings (SSSR count). The van der Waals surface area contributed by atoms with Gasteiger partial charge in [0.15, 0.2) is 18.6 Å². The van der Waals surface area contributed by atoms with Crippen molar-refractivity contribution in [2.75, 3.05) is 6.61 Å². The molecular formula is C16H27FO7. The van der Waals surface area contributed by atoms with Crippen LogP contribution in [0.1, 0.15) is 41.5 Å². The molecule has 1 saturated heterocycles. The molecule has 7 nitrogen and oxygen atoms in total. The van der Waals surface area contributed by atoms with Crippen molar-refractivity contribution in [1.82, 2.24) is 0 Å². The van der Waals surface area contributed by atoms with Gasteiger partial charge < -0.3 is 24.4 Å². The van der Waals surface area contributed by atoms with Gasteiger partial charge in [0.2, 0.25) is 0 Å². The summed E-state index contributed by atoms with van der Waals surface area (Å²) in [6.45, 7) is 9.17. The molecule has 0 amide bonds. The van der Waals surface area contributed by atoms with Crippen LogP contribution in [0.15, 0.2) is 0 Å². The number of halogens is 1. The fraction of sp³-hybridized carbons (Fsp3) is 0.875. The van der Waals surface area contributed by atoms with Gasteiger partial charge in [0.05, 0.1) is 10.8 Å². The summed E-state index contributed by atoms with van der Waals surface area (Å²) in [6, 6.07) is 0. The summed E-state index contributed by atoms with van der Waals surface area (Å²) < 4.78 is 29.5. The number of aliphatic hydroxyl groups is 2. The van der Waals surface area contributed by atoms with E-state index < -0.39 is 60.1 Å². The Balaban J connectivity index is 2.79. The summed E-state index contributed by atoms with van der Waals surface area (Å²) in [6.07, 6.45) is -8.41. The zero-order chi connectivity index (χ0) is 18.9. The quantitative estimate of drug-likeness (QED) is 0.731. The lowest BCUT2D eigenvalue weighted by Gasteiger charge is -2.39. The monoisotopic (exact) mass is 350 g/mol. The summed E-state index contributed by atoms with van der Waals surface area (Å²) in [7, 11) is 0. The van der Waals surface area contributed by atoms with Crippen LogP contribution in [0.25, 0.3) is 0 Å². The summed E-state index contributed by atoms with van der Waals surface area (Å²) >= 11 is 0. The first-order chi connectivity index (χ1) is 10.7. The van der Waals surface area contributed by atoms with Crippen molar-refractivity contribution in [2.24, 2.45) is 10.8 Å². The van der Waals surface area contributed by atoms with Crippen LogP contribution in [0.5, 0.6) is 0 Å². The number of carbonyl (C=O) groups is 2. The van der Waals surface area contributed by atoms with Crippen LogP contribution in [-0.4, -0.2) is 59.5 Å². The molecule has 2 N–H and O–H groups in total. The maximum atomic E-state index is 14.6. The first kappa shape index (κ1) is 20.8. The Kier molecular flexibility index (Phi) is 6.35. The minimum atomic E-state index is -1.96. The lowest BCUT2D eigenvalue weighted by Crippen LogP contribution is -2.59. The number of esters is 2. The van der Waals surface area contributed by atoms with Crippen LogP contribution in [0, 0.1) is 10.8 Å². The van der Waals surface area contributed by atoms with Crippen LogP contribution in [0.4, 0.5) is 4.39 Å². The maximum absolute atomic E-state index is 14.6. The van der Waals surface area contributed by atoms with Crippen LogP contribution in [-0.2, 0) is 23.8 Å². The zero-order valence-electron chi connectivity index (χ0n) is 14.9. The first-order valence-corrected chi connectivity index (χ1v) is 7.79. The van der Waals surface area contributed by atoms with Gasteiger partial charge in [-0.1, -0.05) is 0 Å².